The summed E-state index contributed by atoms with van der Waals surface area (Å²) in [6.07, 6.45) is 10.4. The van der Waals surface area contributed by atoms with Crippen molar-refractivity contribution < 1.29 is 4.74 Å². The van der Waals surface area contributed by atoms with E-state index < -0.39 is 0 Å². The SMILES string of the molecule is CCCCCCOC1[C@H]2CCC[C@H]12. The van der Waals surface area contributed by atoms with Crippen LogP contribution in [-0.4, -0.2) is 12.7 Å². The van der Waals surface area contributed by atoms with Crippen LogP contribution in [-0.2, 0) is 4.74 Å². The first-order valence-corrected chi connectivity index (χ1v) is 6.05. The quantitative estimate of drug-likeness (QED) is 0.572. The van der Waals surface area contributed by atoms with E-state index in [9.17, 15) is 0 Å². The van der Waals surface area contributed by atoms with E-state index in [0.29, 0.717) is 6.10 Å². The summed E-state index contributed by atoms with van der Waals surface area (Å²) in [7, 11) is 0. The van der Waals surface area contributed by atoms with Crippen molar-refractivity contribution in [2.75, 3.05) is 6.61 Å². The standard InChI is InChI=1S/C12H22O/c1-2-3-4-5-9-13-12-10-7-6-8-11(10)12/h10-12H,2-9H2,1H3/t10-,11-/m0/s1. The molecule has 2 atom stereocenters. The average Bonchev–Trinajstić information content (AvgIpc) is 2.62. The summed E-state index contributed by atoms with van der Waals surface area (Å²) in [4.78, 5) is 0. The van der Waals surface area contributed by atoms with Crippen molar-refractivity contribution in [2.24, 2.45) is 11.8 Å². The Morgan fingerprint density at radius 2 is 1.85 bits per heavy atom. The lowest BCUT2D eigenvalue weighted by molar-refractivity contribution is 0.0911. The van der Waals surface area contributed by atoms with Crippen LogP contribution in [0.5, 0.6) is 0 Å². The zero-order valence-corrected chi connectivity index (χ0v) is 8.80. The van der Waals surface area contributed by atoms with Gasteiger partial charge in [-0.1, -0.05) is 32.6 Å². The molecule has 0 spiro atoms. The van der Waals surface area contributed by atoms with Crippen molar-refractivity contribution in [3.8, 4) is 0 Å². The van der Waals surface area contributed by atoms with Gasteiger partial charge in [-0.15, -0.1) is 0 Å². The third-order valence-corrected chi connectivity index (χ3v) is 3.64. The summed E-state index contributed by atoms with van der Waals surface area (Å²) in [5.41, 5.74) is 0. The molecule has 2 rings (SSSR count). The second-order valence-electron chi connectivity index (χ2n) is 4.65. The first-order valence-electron chi connectivity index (χ1n) is 6.05. The number of hydrogen-bond donors (Lipinski definition) is 0. The lowest BCUT2D eigenvalue weighted by Gasteiger charge is -2.05. The molecule has 0 aromatic carbocycles. The molecule has 0 N–H and O–H groups in total. The van der Waals surface area contributed by atoms with Crippen LogP contribution in [0.15, 0.2) is 0 Å². The molecule has 2 fully saturated rings. The van der Waals surface area contributed by atoms with Gasteiger partial charge in [-0.3, -0.25) is 0 Å². The molecule has 0 heterocycles. The van der Waals surface area contributed by atoms with Crippen molar-refractivity contribution in [3.63, 3.8) is 0 Å². The second-order valence-corrected chi connectivity index (χ2v) is 4.65. The van der Waals surface area contributed by atoms with Gasteiger partial charge in [0.05, 0.1) is 6.10 Å². The van der Waals surface area contributed by atoms with E-state index in [1.54, 1.807) is 0 Å². The van der Waals surface area contributed by atoms with Crippen LogP contribution in [0.4, 0.5) is 0 Å². The summed E-state index contributed by atoms with van der Waals surface area (Å²) < 4.78 is 5.87. The Morgan fingerprint density at radius 3 is 2.54 bits per heavy atom. The van der Waals surface area contributed by atoms with Gasteiger partial charge in [0.15, 0.2) is 0 Å². The number of hydrogen-bond acceptors (Lipinski definition) is 1. The Balaban J connectivity index is 1.46. The molecule has 76 valence electrons. The fraction of sp³-hybridized carbons (Fsp3) is 1.00. The smallest absolute Gasteiger partial charge is 0.0638 e. The van der Waals surface area contributed by atoms with Crippen LogP contribution >= 0.6 is 0 Å². The van der Waals surface area contributed by atoms with Gasteiger partial charge < -0.3 is 4.74 Å². The molecular formula is C12H22O. The monoisotopic (exact) mass is 182 g/mol. The summed E-state index contributed by atoms with van der Waals surface area (Å²) in [5.74, 6) is 1.96. The van der Waals surface area contributed by atoms with Gasteiger partial charge in [0.1, 0.15) is 0 Å². The van der Waals surface area contributed by atoms with Crippen LogP contribution in [0.2, 0.25) is 0 Å². The maximum absolute atomic E-state index is 5.87. The number of ether oxygens (including phenoxy) is 1. The highest BCUT2D eigenvalue weighted by molar-refractivity contribution is 5.02. The minimum Gasteiger partial charge on any atom is -0.378 e. The summed E-state index contributed by atoms with van der Waals surface area (Å²) in [6, 6.07) is 0. The van der Waals surface area contributed by atoms with Crippen LogP contribution in [0.1, 0.15) is 51.9 Å². The largest absolute Gasteiger partial charge is 0.378 e. The summed E-state index contributed by atoms with van der Waals surface area (Å²) >= 11 is 0. The predicted molar refractivity (Wildman–Crippen MR) is 54.7 cm³/mol. The molecule has 2 saturated carbocycles. The molecule has 0 radical (unpaired) electrons. The second kappa shape index (κ2) is 4.45. The van der Waals surface area contributed by atoms with E-state index in [4.69, 9.17) is 4.74 Å². The van der Waals surface area contributed by atoms with Gasteiger partial charge in [-0.25, -0.2) is 0 Å². The van der Waals surface area contributed by atoms with Gasteiger partial charge in [0.2, 0.25) is 0 Å². The van der Waals surface area contributed by atoms with Crippen molar-refractivity contribution in [1.82, 2.24) is 0 Å². The molecule has 1 heteroatoms. The fourth-order valence-electron chi connectivity index (χ4n) is 2.75. The van der Waals surface area contributed by atoms with Crippen LogP contribution in [0.25, 0.3) is 0 Å². The molecule has 0 bridgehead atoms. The Kier molecular flexibility index (Phi) is 3.26. The molecule has 2 aliphatic rings. The van der Waals surface area contributed by atoms with Crippen molar-refractivity contribution in [3.05, 3.63) is 0 Å². The van der Waals surface area contributed by atoms with Gasteiger partial charge in [0.25, 0.3) is 0 Å². The van der Waals surface area contributed by atoms with Gasteiger partial charge >= 0.3 is 0 Å². The van der Waals surface area contributed by atoms with E-state index in [0.717, 1.165) is 18.4 Å². The zero-order valence-electron chi connectivity index (χ0n) is 8.80. The normalized spacial score (nSPS) is 36.2. The highest BCUT2D eigenvalue weighted by Gasteiger charge is 2.53. The van der Waals surface area contributed by atoms with Crippen LogP contribution in [0.3, 0.4) is 0 Å². The van der Waals surface area contributed by atoms with E-state index in [1.807, 2.05) is 0 Å². The highest BCUT2D eigenvalue weighted by Crippen LogP contribution is 2.53. The maximum atomic E-state index is 5.87. The van der Waals surface area contributed by atoms with Gasteiger partial charge in [-0.2, -0.15) is 0 Å². The summed E-state index contributed by atoms with van der Waals surface area (Å²) in [6.45, 7) is 3.28. The lowest BCUT2D eigenvalue weighted by atomic mass is 10.2. The molecule has 0 saturated heterocycles. The fourth-order valence-corrected chi connectivity index (χ4v) is 2.75. The average molecular weight is 182 g/mol. The summed E-state index contributed by atoms with van der Waals surface area (Å²) in [5, 5.41) is 0. The Hall–Kier alpha value is -0.0400. The van der Waals surface area contributed by atoms with Crippen molar-refractivity contribution in [2.45, 2.75) is 58.0 Å². The van der Waals surface area contributed by atoms with Gasteiger partial charge in [-0.05, 0) is 31.1 Å². The maximum Gasteiger partial charge on any atom is 0.0638 e. The van der Waals surface area contributed by atoms with E-state index in [-0.39, 0.29) is 0 Å². The number of rotatable bonds is 6. The third-order valence-electron chi connectivity index (χ3n) is 3.64. The predicted octanol–water partition coefficient (Wildman–Crippen LogP) is 3.38. The third kappa shape index (κ3) is 2.25. The zero-order chi connectivity index (χ0) is 9.10. The Morgan fingerprint density at radius 1 is 1.08 bits per heavy atom. The minimum atomic E-state index is 0.690. The molecule has 0 aromatic rings. The molecule has 0 amide bonds. The molecule has 1 nitrogen and oxygen atoms in total. The van der Waals surface area contributed by atoms with Crippen LogP contribution in [0, 0.1) is 11.8 Å². The number of unbranched alkanes of at least 4 members (excludes halogenated alkanes) is 3. The lowest BCUT2D eigenvalue weighted by Crippen LogP contribution is -2.02. The minimum absolute atomic E-state index is 0.690. The topological polar surface area (TPSA) is 9.23 Å². The van der Waals surface area contributed by atoms with Crippen LogP contribution < -0.4 is 0 Å². The Bertz CT molecular complexity index is 145. The number of fused-ring (bicyclic) bond motifs is 1. The Labute approximate surface area is 81.9 Å². The van der Waals surface area contributed by atoms with Crippen molar-refractivity contribution >= 4 is 0 Å². The van der Waals surface area contributed by atoms with E-state index in [2.05, 4.69) is 6.92 Å². The first kappa shape index (κ1) is 9.51. The molecule has 0 aliphatic heterocycles. The first-order chi connectivity index (χ1) is 6.43. The molecule has 0 unspecified atom stereocenters. The van der Waals surface area contributed by atoms with E-state index >= 15 is 0 Å². The molecule has 2 aliphatic carbocycles. The molecule has 0 aromatic heterocycles. The van der Waals surface area contributed by atoms with E-state index in [1.165, 1.54) is 44.9 Å². The molecule has 13 heavy (non-hydrogen) atoms. The molecular weight excluding hydrogens is 160 g/mol. The highest BCUT2D eigenvalue weighted by atomic mass is 16.5. The van der Waals surface area contributed by atoms with Gasteiger partial charge in [0, 0.05) is 6.61 Å². The van der Waals surface area contributed by atoms with Crippen molar-refractivity contribution in [1.29, 1.82) is 0 Å².